The number of likely N-dealkylation sites (N-methyl/N-ethyl adjacent to an activating group) is 1. The summed E-state index contributed by atoms with van der Waals surface area (Å²) < 4.78 is 109. The average molecular weight is 754 g/mol. The number of unbranched alkanes of at least 4 members (excludes halogenated alkanes) is 2. The first-order chi connectivity index (χ1) is 22.4. The Hall–Kier alpha value is -2.91. The van der Waals surface area contributed by atoms with Crippen LogP contribution in [0, 0.1) is 6.08 Å². The fraction of sp³-hybridized carbons (Fsp3) is 0.452. The summed E-state index contributed by atoms with van der Waals surface area (Å²) in [6, 6.07) is 2.27. The van der Waals surface area contributed by atoms with Gasteiger partial charge in [0.25, 0.3) is 26.1 Å². The number of rotatable bonds is 14. The van der Waals surface area contributed by atoms with E-state index in [2.05, 4.69) is 6.08 Å². The number of nitrogens with zero attached hydrogens (tertiary/aromatic N) is 4. The molecule has 1 aliphatic carbocycles. The monoisotopic (exact) mass is 752 g/mol. The van der Waals surface area contributed by atoms with Crippen molar-refractivity contribution >= 4 is 60.5 Å². The molecular formula is C31H37Cl2F3N4O6S2+2. The number of imidazole rings is 1. The van der Waals surface area contributed by atoms with Gasteiger partial charge in [0.05, 0.1) is 47.3 Å². The van der Waals surface area contributed by atoms with E-state index in [0.29, 0.717) is 42.4 Å². The van der Waals surface area contributed by atoms with Crippen molar-refractivity contribution in [3.05, 3.63) is 80.7 Å². The molecule has 4 rings (SSSR count). The summed E-state index contributed by atoms with van der Waals surface area (Å²) in [5.41, 5.74) is 2.00. The van der Waals surface area contributed by atoms with Gasteiger partial charge in [-0.2, -0.15) is 30.0 Å². The second-order valence-electron chi connectivity index (χ2n) is 11.3. The van der Waals surface area contributed by atoms with Crippen LogP contribution in [0.15, 0.2) is 58.2 Å². The maximum atomic E-state index is 13.9. The van der Waals surface area contributed by atoms with Gasteiger partial charge in [-0.25, -0.2) is 9.13 Å². The Morgan fingerprint density at radius 1 is 0.958 bits per heavy atom. The lowest BCUT2D eigenvalue weighted by atomic mass is 10.1. The minimum atomic E-state index is -4.70. The number of fused-ring (bicyclic) bond motifs is 2. The number of aryl methyl sites for hydroxylation is 2. The first kappa shape index (κ1) is 37.9. The topological polar surface area (TPSA) is 124 Å². The average Bonchev–Trinajstić information content (AvgIpc) is 3.41. The van der Waals surface area contributed by atoms with Crippen molar-refractivity contribution in [3.63, 3.8) is 0 Å². The predicted molar refractivity (Wildman–Crippen MR) is 179 cm³/mol. The molecule has 1 aliphatic heterocycles. The lowest BCUT2D eigenvalue weighted by molar-refractivity contribution is -0.674. The third-order valence-corrected chi connectivity index (χ3v) is 10.3. The molecule has 0 amide bonds. The van der Waals surface area contributed by atoms with Crippen molar-refractivity contribution < 1.29 is 43.7 Å². The minimum absolute atomic E-state index is 0.0896. The molecule has 17 heteroatoms. The first-order valence-electron chi connectivity index (χ1n) is 15.2. The van der Waals surface area contributed by atoms with E-state index in [9.17, 15) is 39.1 Å². The maximum Gasteiger partial charge on any atom is 0.418 e. The standard InChI is InChI=1S/C31H35Cl2F3N4O6S2/c1-4-37-27-19-23(32)21(3)17-25(27)39(13-6-8-15-47(41,42)43)29(37)11-10-12-30-38(5-2)28-20-24(33)22(31(34,35)36)18-26(28)40(30)14-7-9-16-48(44,45)46/h10-12,18-20H,4-9,13-16H2,1-3H3/p+2. The zero-order valence-corrected chi connectivity index (χ0v) is 29.7. The number of aromatic nitrogens is 2. The Kier molecular flexibility index (Phi) is 11.8. The van der Waals surface area contributed by atoms with E-state index in [1.165, 1.54) is 6.07 Å². The van der Waals surface area contributed by atoms with E-state index in [0.717, 1.165) is 28.9 Å². The largest absolute Gasteiger partial charge is 0.418 e. The van der Waals surface area contributed by atoms with E-state index in [1.54, 1.807) is 16.7 Å². The third kappa shape index (κ3) is 8.81. The van der Waals surface area contributed by atoms with Gasteiger partial charge < -0.3 is 0 Å². The van der Waals surface area contributed by atoms with Crippen LogP contribution in [0.5, 0.6) is 0 Å². The van der Waals surface area contributed by atoms with Crippen molar-refractivity contribution in [2.24, 2.45) is 0 Å². The van der Waals surface area contributed by atoms with Gasteiger partial charge in [-0.1, -0.05) is 17.7 Å². The summed E-state index contributed by atoms with van der Waals surface area (Å²) in [4.78, 5) is 3.99. The quantitative estimate of drug-likeness (QED) is 0.0965. The Morgan fingerprint density at radius 3 is 2.19 bits per heavy atom. The second-order valence-corrected chi connectivity index (χ2v) is 15.3. The van der Waals surface area contributed by atoms with Gasteiger partial charge in [0.15, 0.2) is 21.8 Å². The molecular weight excluding hydrogens is 716 g/mol. The van der Waals surface area contributed by atoms with E-state index >= 15 is 0 Å². The summed E-state index contributed by atoms with van der Waals surface area (Å²) in [6.45, 7) is 7.10. The van der Waals surface area contributed by atoms with E-state index in [-0.39, 0.29) is 37.1 Å². The van der Waals surface area contributed by atoms with Crippen LogP contribution in [0.2, 0.25) is 5.02 Å². The van der Waals surface area contributed by atoms with Crippen molar-refractivity contribution in [1.82, 2.24) is 14.4 Å². The van der Waals surface area contributed by atoms with Crippen LogP contribution in [0.1, 0.15) is 57.8 Å². The summed E-state index contributed by atoms with van der Waals surface area (Å²) in [7, 11) is -8.32. The summed E-state index contributed by atoms with van der Waals surface area (Å²) in [5.74, 6) is 0.412. The molecule has 10 nitrogen and oxygen atoms in total. The summed E-state index contributed by atoms with van der Waals surface area (Å²) >= 11 is 12.6. The molecule has 0 bridgehead atoms. The number of allylic oxidation sites excluding steroid dienone is 6. The zero-order valence-electron chi connectivity index (χ0n) is 26.6. The van der Waals surface area contributed by atoms with Crippen LogP contribution in [0.25, 0.3) is 17.1 Å². The fourth-order valence-corrected chi connectivity index (χ4v) is 7.36. The molecule has 2 N–H and O–H groups in total. The van der Waals surface area contributed by atoms with Crippen LogP contribution in [0.3, 0.4) is 0 Å². The van der Waals surface area contributed by atoms with Gasteiger partial charge in [-0.3, -0.25) is 18.9 Å². The Balaban J connectivity index is 1.80. The molecule has 2 heterocycles. The van der Waals surface area contributed by atoms with E-state index in [4.69, 9.17) is 23.2 Å². The van der Waals surface area contributed by atoms with Crippen LogP contribution < -0.4 is 4.57 Å². The molecule has 2 aliphatic rings. The van der Waals surface area contributed by atoms with Crippen molar-refractivity contribution in [1.29, 1.82) is 0 Å². The van der Waals surface area contributed by atoms with Gasteiger partial charge in [0, 0.05) is 42.9 Å². The normalized spacial score (nSPS) is 16.8. The number of hydrogen-bond acceptors (Lipinski definition) is 6. The summed E-state index contributed by atoms with van der Waals surface area (Å²) in [5, 5.41) is 0.0743. The van der Waals surface area contributed by atoms with Crippen molar-refractivity contribution in [2.45, 2.75) is 65.7 Å². The minimum Gasteiger partial charge on any atom is -0.295 e. The Morgan fingerprint density at radius 2 is 1.60 bits per heavy atom. The fourth-order valence-electron chi connectivity index (χ4n) is 5.80. The predicted octanol–water partition coefficient (Wildman–Crippen LogP) is 6.55. The molecule has 2 aromatic rings. The highest BCUT2D eigenvalue weighted by Gasteiger charge is 2.42. The summed E-state index contributed by atoms with van der Waals surface area (Å²) in [6.07, 6.45) is 6.79. The van der Waals surface area contributed by atoms with Crippen LogP contribution in [-0.2, 0) is 39.5 Å². The first-order valence-corrected chi connectivity index (χ1v) is 19.2. The molecule has 0 atom stereocenters. The van der Waals surface area contributed by atoms with Crippen LogP contribution in [0.4, 0.5) is 13.2 Å². The molecule has 48 heavy (non-hydrogen) atoms. The lowest BCUT2D eigenvalue weighted by Gasteiger charge is -2.20. The highest BCUT2D eigenvalue weighted by atomic mass is 35.5. The highest BCUT2D eigenvalue weighted by molar-refractivity contribution is 7.86. The van der Waals surface area contributed by atoms with E-state index in [1.807, 2.05) is 47.3 Å². The molecule has 0 radical (unpaired) electrons. The Bertz CT molecular complexity index is 1950. The molecule has 1 saturated heterocycles. The number of benzene rings is 1. The van der Waals surface area contributed by atoms with Crippen LogP contribution in [-0.4, -0.2) is 64.9 Å². The van der Waals surface area contributed by atoms with Gasteiger partial charge in [-0.05, 0) is 52.5 Å². The molecule has 1 aromatic carbocycles. The smallest absolute Gasteiger partial charge is 0.295 e. The number of hydrogen-bond donors (Lipinski definition) is 2. The molecule has 1 fully saturated rings. The molecule has 1 aromatic heterocycles. The number of halogens is 5. The molecule has 0 saturated carbocycles. The maximum absolute atomic E-state index is 13.9. The zero-order chi connectivity index (χ0) is 35.6. The van der Waals surface area contributed by atoms with Crippen LogP contribution >= 0.6 is 23.2 Å². The van der Waals surface area contributed by atoms with E-state index < -0.39 is 42.8 Å². The SMILES string of the molecule is CCN1C2=CC(Cl)=C(C)[C+]=C2N(CCCCS(=O)(=O)O)C1=CC=Cc1n(CC)c2cc(Cl)c(C(F)(F)F)cc2[n+]1CCCCS(=O)(=O)O. The van der Waals surface area contributed by atoms with Gasteiger partial charge in [0.2, 0.25) is 5.70 Å². The molecule has 0 spiro atoms. The van der Waals surface area contributed by atoms with Gasteiger partial charge in [0.1, 0.15) is 11.4 Å². The lowest BCUT2D eigenvalue weighted by Crippen LogP contribution is -2.37. The van der Waals surface area contributed by atoms with Crippen molar-refractivity contribution in [2.75, 3.05) is 24.6 Å². The Labute approximate surface area is 288 Å². The highest BCUT2D eigenvalue weighted by Crippen LogP contribution is 2.41. The third-order valence-electron chi connectivity index (χ3n) is 7.98. The van der Waals surface area contributed by atoms with Gasteiger partial charge in [-0.15, -0.1) is 0 Å². The number of alkyl halides is 3. The second kappa shape index (κ2) is 14.9. The van der Waals surface area contributed by atoms with Gasteiger partial charge >= 0.3 is 6.18 Å². The molecule has 0 unspecified atom stereocenters. The molecule has 262 valence electrons. The van der Waals surface area contributed by atoms with Crippen molar-refractivity contribution in [3.8, 4) is 0 Å².